The smallest absolute Gasteiger partial charge is 0.323 e. The van der Waals surface area contributed by atoms with E-state index in [0.29, 0.717) is 28.5 Å². The quantitative estimate of drug-likeness (QED) is 0.237. The number of hydrogen-bond donors (Lipinski definition) is 3. The minimum absolute atomic E-state index is 0.00644. The number of rotatable bonds is 9. The molecule has 0 saturated carbocycles. The highest BCUT2D eigenvalue weighted by Crippen LogP contribution is 2.48. The number of carboxylic acids is 2. The molecule has 1 fully saturated rings. The monoisotopic (exact) mass is 671 g/mol. The van der Waals surface area contributed by atoms with Crippen LogP contribution < -0.4 is 33.9 Å². The molecule has 19 heteroatoms. The standard InChI is InChI=1S/C24H21N3O12S4/c1-11(22-25(3-2-4-43(34,35)36)12-6-14-15(38-10-37-14)7-13(12)39-22)5-16-20(32)26(8-17(28)29)23(41-16)19-21(33)27(9-18(30)31)24(40)42-19/h5-7H,2-4,8-10H2,1H3,(H,28,29)(H,30,31)(H,34,35,36)/b16-5?,22-11?,23-19-. The predicted molar refractivity (Wildman–Crippen MR) is 157 cm³/mol. The van der Waals surface area contributed by atoms with Crippen LogP contribution >= 0.6 is 35.3 Å². The maximum Gasteiger partial charge on any atom is 0.323 e. The molecule has 0 spiro atoms. The number of carbonyl (C=O) groups is 3. The topological polar surface area (TPSA) is 202 Å². The first-order chi connectivity index (χ1) is 20.2. The molecule has 3 N–H and O–H groups in total. The number of hydrogen-bond acceptors (Lipinski definition) is 13. The summed E-state index contributed by atoms with van der Waals surface area (Å²) in [6.07, 6.45) is 1.45. The van der Waals surface area contributed by atoms with E-state index in [-0.39, 0.29) is 44.1 Å². The highest BCUT2D eigenvalue weighted by atomic mass is 32.2. The van der Waals surface area contributed by atoms with Gasteiger partial charge >= 0.3 is 11.9 Å². The summed E-state index contributed by atoms with van der Waals surface area (Å²) in [5, 5.41) is 18.6. The zero-order valence-electron chi connectivity index (χ0n) is 22.0. The van der Waals surface area contributed by atoms with E-state index in [4.69, 9.17) is 31.5 Å². The van der Waals surface area contributed by atoms with Gasteiger partial charge in [0, 0.05) is 24.3 Å². The molecule has 4 heterocycles. The van der Waals surface area contributed by atoms with Crippen LogP contribution in [0.5, 0.6) is 17.2 Å². The van der Waals surface area contributed by atoms with Crippen molar-refractivity contribution in [2.45, 2.75) is 19.9 Å². The minimum Gasteiger partial charge on any atom is -0.480 e. The fraction of sp³-hybridized carbons (Fsp3) is 0.292. The second kappa shape index (κ2) is 11.6. The minimum atomic E-state index is -4.24. The first kappa shape index (κ1) is 30.5. The first-order valence-corrected chi connectivity index (χ1v) is 15.9. The maximum absolute atomic E-state index is 13.4. The van der Waals surface area contributed by atoms with Crippen molar-refractivity contribution >= 4 is 84.3 Å². The molecule has 1 saturated heterocycles. The Balaban J connectivity index is 1.62. The molecular formula is C24H21N3O12S4. The third-order valence-electron chi connectivity index (χ3n) is 6.20. The molecule has 15 nitrogen and oxygen atoms in total. The van der Waals surface area contributed by atoms with Crippen LogP contribution in [0.25, 0.3) is 11.0 Å². The number of aliphatic carboxylic acids is 2. The summed E-state index contributed by atoms with van der Waals surface area (Å²) in [5.41, 5.74) is 0.184. The second-order valence-electron chi connectivity index (χ2n) is 9.24. The van der Waals surface area contributed by atoms with Gasteiger partial charge in [-0.2, -0.15) is 8.42 Å². The van der Waals surface area contributed by atoms with Crippen LogP contribution in [0, 0.1) is 0 Å². The van der Waals surface area contributed by atoms with Crippen molar-refractivity contribution < 1.29 is 51.8 Å². The molecule has 1 aromatic heterocycles. The van der Waals surface area contributed by atoms with Crippen molar-refractivity contribution in [2.24, 2.45) is 0 Å². The molecule has 0 atom stereocenters. The lowest BCUT2D eigenvalue weighted by Crippen LogP contribution is -2.36. The van der Waals surface area contributed by atoms with E-state index in [1.807, 2.05) is 0 Å². The predicted octanol–water partition coefficient (Wildman–Crippen LogP) is -0.0349. The Morgan fingerprint density at radius 2 is 1.74 bits per heavy atom. The van der Waals surface area contributed by atoms with Gasteiger partial charge in [-0.15, -0.1) is 11.3 Å². The Hall–Kier alpha value is -3.91. The van der Waals surface area contributed by atoms with Gasteiger partial charge in [0.25, 0.3) is 21.6 Å². The van der Waals surface area contributed by atoms with E-state index < -0.39 is 52.4 Å². The molecule has 43 heavy (non-hydrogen) atoms. The number of carbonyl (C=O) groups excluding carboxylic acids is 1. The number of ether oxygens (including phenoxy) is 3. The van der Waals surface area contributed by atoms with Gasteiger partial charge in [0.05, 0.1) is 16.0 Å². The highest BCUT2D eigenvalue weighted by Gasteiger charge is 2.36. The van der Waals surface area contributed by atoms with E-state index in [9.17, 15) is 37.3 Å². The fourth-order valence-electron chi connectivity index (χ4n) is 4.42. The van der Waals surface area contributed by atoms with Gasteiger partial charge in [-0.25, -0.2) is 0 Å². The van der Waals surface area contributed by atoms with Crippen LogP contribution in [-0.2, 0) is 31.0 Å². The zero-order valence-corrected chi connectivity index (χ0v) is 25.2. The van der Waals surface area contributed by atoms with Gasteiger partial charge in [-0.05, 0) is 19.4 Å². The Labute approximate surface area is 255 Å². The number of amides is 1. The van der Waals surface area contributed by atoms with Crippen molar-refractivity contribution in [1.82, 2.24) is 9.47 Å². The number of aromatic nitrogens is 1. The molecule has 228 valence electrons. The summed E-state index contributed by atoms with van der Waals surface area (Å²) in [5.74, 6) is -2.47. The first-order valence-electron chi connectivity index (χ1n) is 12.2. The number of allylic oxidation sites excluding steroid dienone is 1. The van der Waals surface area contributed by atoms with Gasteiger partial charge in [0.2, 0.25) is 12.7 Å². The molecule has 1 amide bonds. The van der Waals surface area contributed by atoms with Crippen molar-refractivity contribution in [3.05, 3.63) is 43.1 Å². The third-order valence-corrected chi connectivity index (χ3v) is 9.71. The molecule has 3 aliphatic heterocycles. The van der Waals surface area contributed by atoms with Crippen LogP contribution in [-0.4, -0.2) is 80.5 Å². The Morgan fingerprint density at radius 1 is 1.07 bits per heavy atom. The van der Waals surface area contributed by atoms with Crippen molar-refractivity contribution in [1.29, 1.82) is 0 Å². The van der Waals surface area contributed by atoms with Gasteiger partial charge < -0.3 is 29.3 Å². The van der Waals surface area contributed by atoms with E-state index in [1.165, 1.54) is 6.08 Å². The lowest BCUT2D eigenvalue weighted by molar-refractivity contribution is -0.140. The van der Waals surface area contributed by atoms with E-state index >= 15 is 0 Å². The summed E-state index contributed by atoms with van der Waals surface area (Å²) in [4.78, 5) is 51.6. The molecule has 5 rings (SSSR count). The van der Waals surface area contributed by atoms with E-state index in [1.54, 1.807) is 24.0 Å². The summed E-state index contributed by atoms with van der Waals surface area (Å²) in [7, 11) is -4.24. The molecule has 0 unspecified atom stereocenters. The number of anilines is 1. The maximum atomic E-state index is 13.4. The number of benzene rings is 1. The van der Waals surface area contributed by atoms with Crippen LogP contribution in [0.15, 0.2) is 28.4 Å². The largest absolute Gasteiger partial charge is 0.480 e. The fourth-order valence-corrected chi connectivity index (χ4v) is 7.47. The van der Waals surface area contributed by atoms with Crippen molar-refractivity contribution in [3.8, 4) is 17.2 Å². The normalized spacial score (nSPS) is 18.8. The number of thiazole rings is 1. The average molecular weight is 672 g/mol. The highest BCUT2D eigenvalue weighted by molar-refractivity contribution is 8.30. The van der Waals surface area contributed by atoms with E-state index in [0.717, 1.165) is 32.6 Å². The Morgan fingerprint density at radius 3 is 2.40 bits per heavy atom. The number of carboxylic acid groups (broad SMARTS) is 2. The Kier molecular flexibility index (Phi) is 8.27. The molecule has 0 bridgehead atoms. The van der Waals surface area contributed by atoms with Gasteiger partial charge in [-0.3, -0.25) is 33.2 Å². The molecule has 1 aromatic carbocycles. The lowest BCUT2D eigenvalue weighted by Gasteiger charge is -2.19. The average Bonchev–Trinajstić information content (AvgIpc) is 3.65. The summed E-state index contributed by atoms with van der Waals surface area (Å²) in [6, 6.07) is 3.25. The second-order valence-corrected chi connectivity index (χ2v) is 13.5. The SMILES string of the molecule is CC(C=c1s/c(=C2\SC(=S)N(CC(=O)O)C2=O)n(CC(=O)O)c1=O)=C1Oc2cc3c(cc2N1CCCS(=O)(=O)O)OCO3. The van der Waals surface area contributed by atoms with Crippen molar-refractivity contribution in [2.75, 3.05) is 30.5 Å². The molecule has 0 aliphatic carbocycles. The third kappa shape index (κ3) is 6.25. The Bertz CT molecular complexity index is 1910. The number of thiocarbonyl (C=S) groups is 1. The summed E-state index contributed by atoms with van der Waals surface area (Å²) >= 11 is 6.73. The van der Waals surface area contributed by atoms with Crippen LogP contribution in [0.3, 0.4) is 0 Å². The van der Waals surface area contributed by atoms with Gasteiger partial charge in [0.1, 0.15) is 27.0 Å². The molecular weight excluding hydrogens is 651 g/mol. The molecule has 0 radical (unpaired) electrons. The van der Waals surface area contributed by atoms with Gasteiger partial charge in [0.15, 0.2) is 17.2 Å². The van der Waals surface area contributed by atoms with E-state index in [2.05, 4.69) is 0 Å². The lowest BCUT2D eigenvalue weighted by atomic mass is 10.2. The summed E-state index contributed by atoms with van der Waals surface area (Å²) < 4.78 is 49.7. The molecule has 2 aromatic rings. The van der Waals surface area contributed by atoms with Crippen molar-refractivity contribution in [3.63, 3.8) is 0 Å². The number of thioether (sulfide) groups is 1. The van der Waals surface area contributed by atoms with Crippen LogP contribution in [0.2, 0.25) is 0 Å². The number of fused-ring (bicyclic) bond motifs is 2. The van der Waals surface area contributed by atoms with Crippen LogP contribution in [0.4, 0.5) is 5.69 Å². The molecule has 3 aliphatic rings. The van der Waals surface area contributed by atoms with Gasteiger partial charge in [-0.1, -0.05) is 24.0 Å². The summed E-state index contributed by atoms with van der Waals surface area (Å²) in [6.45, 7) is 0.249. The zero-order chi connectivity index (χ0) is 31.2. The van der Waals surface area contributed by atoms with Crippen LogP contribution in [0.1, 0.15) is 13.3 Å². The number of nitrogens with zero attached hydrogens (tertiary/aromatic N) is 3.